The van der Waals surface area contributed by atoms with Crippen LogP contribution >= 0.6 is 0 Å². The topological polar surface area (TPSA) is 44.8 Å². The summed E-state index contributed by atoms with van der Waals surface area (Å²) in [6, 6.07) is 0.557. The fourth-order valence-electron chi connectivity index (χ4n) is 3.56. The second kappa shape index (κ2) is 6.41. The van der Waals surface area contributed by atoms with Crippen LogP contribution in [0.15, 0.2) is 0 Å². The smallest absolute Gasteiger partial charge is 0.327 e. The van der Waals surface area contributed by atoms with Crippen LogP contribution < -0.4 is 5.32 Å². The predicted octanol–water partition coefficient (Wildman–Crippen LogP) is 0.554. The Balaban J connectivity index is 2.09. The fourth-order valence-corrected chi connectivity index (χ4v) is 3.56. The van der Waals surface area contributed by atoms with Gasteiger partial charge in [-0.05, 0) is 59.3 Å². The van der Waals surface area contributed by atoms with Gasteiger partial charge in [-0.1, -0.05) is 0 Å². The lowest BCUT2D eigenvalue weighted by molar-refractivity contribution is -0.150. The first-order valence-corrected chi connectivity index (χ1v) is 7.69. The standard InChI is InChI=1S/C15H29N3O2/c1-16-15(12-7-8-12,14(19)20-4)11-18-9-5-6-13(18)10-17(2)3/h12-13,16H,5-11H2,1-4H3. The number of hydrogen-bond acceptors (Lipinski definition) is 5. The molecule has 2 atom stereocenters. The van der Waals surface area contributed by atoms with Crippen LogP contribution in [0.2, 0.25) is 0 Å². The van der Waals surface area contributed by atoms with Crippen molar-refractivity contribution < 1.29 is 9.53 Å². The van der Waals surface area contributed by atoms with Crippen LogP contribution in [0, 0.1) is 5.92 Å². The molecule has 5 heteroatoms. The molecule has 2 rings (SSSR count). The second-order valence-electron chi connectivity index (χ2n) is 6.52. The molecule has 2 unspecified atom stereocenters. The number of likely N-dealkylation sites (tertiary alicyclic amines) is 1. The van der Waals surface area contributed by atoms with Crippen LogP contribution in [0.1, 0.15) is 25.7 Å². The Kier molecular flexibility index (Phi) is 5.04. The van der Waals surface area contributed by atoms with E-state index in [-0.39, 0.29) is 5.97 Å². The van der Waals surface area contributed by atoms with Gasteiger partial charge in [0.1, 0.15) is 5.54 Å². The summed E-state index contributed by atoms with van der Waals surface area (Å²) in [4.78, 5) is 17.1. The second-order valence-corrected chi connectivity index (χ2v) is 6.52. The molecule has 0 amide bonds. The zero-order chi connectivity index (χ0) is 14.8. The van der Waals surface area contributed by atoms with Gasteiger partial charge in [-0.2, -0.15) is 0 Å². The SMILES string of the molecule is CNC(CN1CCCC1CN(C)C)(C(=O)OC)C1CC1. The van der Waals surface area contributed by atoms with Crippen molar-refractivity contribution in [3.05, 3.63) is 0 Å². The monoisotopic (exact) mass is 283 g/mol. The Labute approximate surface area is 122 Å². The lowest BCUT2D eigenvalue weighted by Crippen LogP contribution is -2.61. The first kappa shape index (κ1) is 15.7. The predicted molar refractivity (Wildman–Crippen MR) is 79.7 cm³/mol. The molecule has 1 saturated heterocycles. The van der Waals surface area contributed by atoms with Gasteiger partial charge < -0.3 is 15.0 Å². The summed E-state index contributed by atoms with van der Waals surface area (Å²) in [5, 5.41) is 3.30. The molecular weight excluding hydrogens is 254 g/mol. The average molecular weight is 283 g/mol. The third kappa shape index (κ3) is 3.15. The molecule has 0 aromatic heterocycles. The Morgan fingerprint density at radius 2 is 2.10 bits per heavy atom. The molecule has 116 valence electrons. The molecule has 20 heavy (non-hydrogen) atoms. The molecule has 2 fully saturated rings. The van der Waals surface area contributed by atoms with E-state index >= 15 is 0 Å². The van der Waals surface area contributed by atoms with E-state index in [9.17, 15) is 4.79 Å². The van der Waals surface area contributed by atoms with Gasteiger partial charge in [0, 0.05) is 19.1 Å². The minimum absolute atomic E-state index is 0.0991. The third-order valence-corrected chi connectivity index (χ3v) is 4.80. The summed E-state index contributed by atoms with van der Waals surface area (Å²) in [7, 11) is 7.62. The van der Waals surface area contributed by atoms with Crippen LogP contribution in [0.25, 0.3) is 0 Å². The Morgan fingerprint density at radius 3 is 2.60 bits per heavy atom. The van der Waals surface area contributed by atoms with Crippen LogP contribution in [-0.4, -0.2) is 75.2 Å². The largest absolute Gasteiger partial charge is 0.468 e. The van der Waals surface area contributed by atoms with E-state index in [4.69, 9.17) is 4.74 Å². The molecule has 0 bridgehead atoms. The van der Waals surface area contributed by atoms with Crippen molar-refractivity contribution in [2.75, 3.05) is 47.9 Å². The van der Waals surface area contributed by atoms with Crippen molar-refractivity contribution in [1.29, 1.82) is 0 Å². The van der Waals surface area contributed by atoms with Gasteiger partial charge in [-0.25, -0.2) is 4.79 Å². The number of nitrogens with zero attached hydrogens (tertiary/aromatic N) is 2. The van der Waals surface area contributed by atoms with Crippen molar-refractivity contribution >= 4 is 5.97 Å². The highest BCUT2D eigenvalue weighted by Gasteiger charge is 2.52. The Morgan fingerprint density at radius 1 is 1.40 bits per heavy atom. The first-order chi connectivity index (χ1) is 9.53. The minimum Gasteiger partial charge on any atom is -0.468 e. The van der Waals surface area contributed by atoms with Crippen molar-refractivity contribution in [1.82, 2.24) is 15.1 Å². The highest BCUT2D eigenvalue weighted by molar-refractivity contribution is 5.82. The van der Waals surface area contributed by atoms with Gasteiger partial charge in [0.2, 0.25) is 0 Å². The number of carbonyl (C=O) groups excluding carboxylic acids is 1. The molecular formula is C15H29N3O2. The van der Waals surface area contributed by atoms with E-state index < -0.39 is 5.54 Å². The van der Waals surface area contributed by atoms with Crippen LogP contribution in [0.3, 0.4) is 0 Å². The Hall–Kier alpha value is -0.650. The minimum atomic E-state index is -0.510. The van der Waals surface area contributed by atoms with E-state index in [1.54, 1.807) is 0 Å². The number of esters is 1. The molecule has 0 radical (unpaired) electrons. The van der Waals surface area contributed by atoms with Gasteiger partial charge in [-0.3, -0.25) is 4.90 Å². The molecule has 1 heterocycles. The highest BCUT2D eigenvalue weighted by atomic mass is 16.5. The van der Waals surface area contributed by atoms with E-state index in [1.807, 2.05) is 7.05 Å². The van der Waals surface area contributed by atoms with Crippen molar-refractivity contribution in [3.63, 3.8) is 0 Å². The summed E-state index contributed by atoms with van der Waals surface area (Å²) < 4.78 is 5.10. The molecule has 0 spiro atoms. The van der Waals surface area contributed by atoms with E-state index in [1.165, 1.54) is 20.0 Å². The normalized spacial score (nSPS) is 26.8. The Bertz CT molecular complexity index is 344. The van der Waals surface area contributed by atoms with Crippen LogP contribution in [0.4, 0.5) is 0 Å². The summed E-state index contributed by atoms with van der Waals surface area (Å²) in [6.45, 7) is 2.93. The molecule has 1 aliphatic carbocycles. The number of methoxy groups -OCH3 is 1. The first-order valence-electron chi connectivity index (χ1n) is 7.69. The van der Waals surface area contributed by atoms with Crippen molar-refractivity contribution in [2.45, 2.75) is 37.3 Å². The zero-order valence-corrected chi connectivity index (χ0v) is 13.3. The molecule has 5 nitrogen and oxygen atoms in total. The van der Waals surface area contributed by atoms with E-state index in [2.05, 4.69) is 29.2 Å². The third-order valence-electron chi connectivity index (χ3n) is 4.80. The number of rotatable bonds is 7. The lowest BCUT2D eigenvalue weighted by atomic mass is 9.92. The molecule has 1 saturated carbocycles. The summed E-state index contributed by atoms with van der Waals surface area (Å²) in [6.07, 6.45) is 4.71. The molecule has 0 aromatic rings. The van der Waals surface area contributed by atoms with Gasteiger partial charge in [-0.15, -0.1) is 0 Å². The molecule has 1 N–H and O–H groups in total. The molecule has 2 aliphatic rings. The summed E-state index contributed by atoms with van der Waals surface area (Å²) >= 11 is 0. The summed E-state index contributed by atoms with van der Waals surface area (Å²) in [5.74, 6) is 0.332. The van der Waals surface area contributed by atoms with E-state index in [0.717, 1.165) is 32.5 Å². The van der Waals surface area contributed by atoms with Crippen LogP contribution in [-0.2, 0) is 9.53 Å². The number of hydrogen-bond donors (Lipinski definition) is 1. The molecule has 1 aliphatic heterocycles. The maximum Gasteiger partial charge on any atom is 0.327 e. The fraction of sp³-hybridized carbons (Fsp3) is 0.933. The van der Waals surface area contributed by atoms with Crippen molar-refractivity contribution in [2.24, 2.45) is 5.92 Å². The van der Waals surface area contributed by atoms with E-state index in [0.29, 0.717) is 12.0 Å². The van der Waals surface area contributed by atoms with Crippen LogP contribution in [0.5, 0.6) is 0 Å². The zero-order valence-electron chi connectivity index (χ0n) is 13.3. The van der Waals surface area contributed by atoms with Gasteiger partial charge in [0.25, 0.3) is 0 Å². The van der Waals surface area contributed by atoms with Gasteiger partial charge in [0.15, 0.2) is 0 Å². The molecule has 0 aromatic carbocycles. The lowest BCUT2D eigenvalue weighted by Gasteiger charge is -2.37. The number of likely N-dealkylation sites (N-methyl/N-ethyl adjacent to an activating group) is 2. The highest BCUT2D eigenvalue weighted by Crippen LogP contribution is 2.41. The van der Waals surface area contributed by atoms with Crippen molar-refractivity contribution in [3.8, 4) is 0 Å². The number of nitrogens with one attached hydrogen (secondary N) is 1. The number of ether oxygens (including phenoxy) is 1. The number of carbonyl (C=O) groups is 1. The van der Waals surface area contributed by atoms with Gasteiger partial charge in [0.05, 0.1) is 7.11 Å². The van der Waals surface area contributed by atoms with Gasteiger partial charge >= 0.3 is 5.97 Å². The maximum absolute atomic E-state index is 12.3. The summed E-state index contributed by atoms with van der Waals surface area (Å²) in [5.41, 5.74) is -0.510. The maximum atomic E-state index is 12.3. The average Bonchev–Trinajstić information content (AvgIpc) is 3.19. The quantitative estimate of drug-likeness (QED) is 0.692.